The molecule has 2 nitrogen and oxygen atoms in total. The molecule has 0 bridgehead atoms. The van der Waals surface area contributed by atoms with Crippen molar-refractivity contribution in [2.45, 2.75) is 6.10 Å². The number of methoxy groups -OCH3 is 1. The zero-order chi connectivity index (χ0) is 13.3. The van der Waals surface area contributed by atoms with Crippen LogP contribution in [-0.4, -0.2) is 12.2 Å². The van der Waals surface area contributed by atoms with Crippen molar-refractivity contribution >= 4 is 43.2 Å². The van der Waals surface area contributed by atoms with Gasteiger partial charge in [0, 0.05) is 17.2 Å². The van der Waals surface area contributed by atoms with Gasteiger partial charge in [0.2, 0.25) is 0 Å². The van der Waals surface area contributed by atoms with Crippen LogP contribution >= 0.6 is 43.2 Å². The second kappa shape index (κ2) is 5.69. The highest BCUT2D eigenvalue weighted by molar-refractivity contribution is 9.12. The van der Waals surface area contributed by atoms with Crippen molar-refractivity contribution in [3.63, 3.8) is 0 Å². The van der Waals surface area contributed by atoms with Gasteiger partial charge in [0.1, 0.15) is 17.7 Å². The van der Waals surface area contributed by atoms with Crippen molar-refractivity contribution in [3.8, 4) is 5.75 Å². The smallest absolute Gasteiger partial charge is 0.133 e. The summed E-state index contributed by atoms with van der Waals surface area (Å²) in [7, 11) is 1.47. The van der Waals surface area contributed by atoms with E-state index in [1.807, 2.05) is 0 Å². The highest BCUT2D eigenvalue weighted by Crippen LogP contribution is 2.38. The summed E-state index contributed by atoms with van der Waals surface area (Å²) in [6.45, 7) is 0. The molecule has 1 heterocycles. The van der Waals surface area contributed by atoms with Crippen LogP contribution in [0.2, 0.25) is 0 Å². The van der Waals surface area contributed by atoms with E-state index in [1.54, 1.807) is 12.1 Å². The normalized spacial score (nSPS) is 12.5. The van der Waals surface area contributed by atoms with Gasteiger partial charge in [0.05, 0.1) is 14.7 Å². The lowest BCUT2D eigenvalue weighted by Crippen LogP contribution is -2.02. The maximum atomic E-state index is 13.8. The molecule has 1 aromatic heterocycles. The Balaban J connectivity index is 2.39. The third-order valence-corrected chi connectivity index (χ3v) is 4.87. The number of ether oxygens (including phenoxy) is 1. The molecule has 0 spiro atoms. The molecule has 6 heteroatoms. The summed E-state index contributed by atoms with van der Waals surface area (Å²) < 4.78 is 20.4. The molecular weight excluding hydrogens is 387 g/mol. The molecule has 1 unspecified atom stereocenters. The molecular formula is C12H9Br2FO2S. The Morgan fingerprint density at radius 1 is 1.28 bits per heavy atom. The highest BCUT2D eigenvalue weighted by atomic mass is 79.9. The number of aliphatic hydroxyl groups is 1. The SMILES string of the molecule is COc1ccc(C(O)c2cc(Br)sc2Br)c(F)c1. The molecule has 0 radical (unpaired) electrons. The minimum atomic E-state index is -1.01. The van der Waals surface area contributed by atoms with E-state index in [2.05, 4.69) is 31.9 Å². The fourth-order valence-electron chi connectivity index (χ4n) is 1.56. The van der Waals surface area contributed by atoms with Crippen LogP contribution in [0.4, 0.5) is 4.39 Å². The number of benzene rings is 1. The van der Waals surface area contributed by atoms with Crippen LogP contribution < -0.4 is 4.74 Å². The summed E-state index contributed by atoms with van der Waals surface area (Å²) in [6, 6.07) is 6.17. The van der Waals surface area contributed by atoms with Crippen LogP contribution in [0, 0.1) is 5.82 Å². The molecule has 2 aromatic rings. The zero-order valence-electron chi connectivity index (χ0n) is 9.28. The van der Waals surface area contributed by atoms with Crippen molar-refractivity contribution < 1.29 is 14.2 Å². The van der Waals surface area contributed by atoms with E-state index in [-0.39, 0.29) is 5.56 Å². The van der Waals surface area contributed by atoms with Gasteiger partial charge < -0.3 is 9.84 Å². The van der Waals surface area contributed by atoms with E-state index >= 15 is 0 Å². The second-order valence-electron chi connectivity index (χ2n) is 3.57. The van der Waals surface area contributed by atoms with Crippen LogP contribution in [0.15, 0.2) is 31.8 Å². The first-order chi connectivity index (χ1) is 8.52. The van der Waals surface area contributed by atoms with Gasteiger partial charge in [0.25, 0.3) is 0 Å². The Labute approximate surface area is 125 Å². The third kappa shape index (κ3) is 2.77. The van der Waals surface area contributed by atoms with Crippen molar-refractivity contribution in [1.29, 1.82) is 0 Å². The van der Waals surface area contributed by atoms with Gasteiger partial charge in [-0.25, -0.2) is 4.39 Å². The van der Waals surface area contributed by atoms with Crippen LogP contribution in [0.25, 0.3) is 0 Å². The molecule has 0 aliphatic carbocycles. The van der Waals surface area contributed by atoms with Crippen molar-refractivity contribution in [1.82, 2.24) is 0 Å². The van der Waals surface area contributed by atoms with Gasteiger partial charge in [-0.3, -0.25) is 0 Å². The first-order valence-electron chi connectivity index (χ1n) is 4.99. The highest BCUT2D eigenvalue weighted by Gasteiger charge is 2.20. The second-order valence-corrected chi connectivity index (χ2v) is 7.32. The fourth-order valence-corrected chi connectivity index (χ4v) is 4.45. The zero-order valence-corrected chi connectivity index (χ0v) is 13.3. The summed E-state index contributed by atoms with van der Waals surface area (Å²) in [5.41, 5.74) is 0.859. The van der Waals surface area contributed by atoms with E-state index in [4.69, 9.17) is 4.74 Å². The Hall–Kier alpha value is -0.430. The minimum Gasteiger partial charge on any atom is -0.497 e. The van der Waals surface area contributed by atoms with E-state index in [1.165, 1.54) is 30.6 Å². The Kier molecular flexibility index (Phi) is 4.42. The van der Waals surface area contributed by atoms with E-state index in [9.17, 15) is 9.50 Å². The van der Waals surface area contributed by atoms with Gasteiger partial charge in [-0.1, -0.05) is 0 Å². The molecule has 96 valence electrons. The summed E-state index contributed by atoms with van der Waals surface area (Å²) in [5, 5.41) is 10.2. The summed E-state index contributed by atoms with van der Waals surface area (Å²) in [4.78, 5) is 0. The molecule has 18 heavy (non-hydrogen) atoms. The Morgan fingerprint density at radius 3 is 2.50 bits per heavy atom. The molecule has 0 aliphatic heterocycles. The molecule has 0 fully saturated rings. The molecule has 1 atom stereocenters. The maximum absolute atomic E-state index is 13.8. The van der Waals surface area contributed by atoms with Crippen LogP contribution in [-0.2, 0) is 0 Å². The maximum Gasteiger partial charge on any atom is 0.133 e. The third-order valence-electron chi connectivity index (χ3n) is 2.48. The fraction of sp³-hybridized carbons (Fsp3) is 0.167. The first-order valence-corrected chi connectivity index (χ1v) is 7.39. The average Bonchev–Trinajstić information content (AvgIpc) is 2.67. The van der Waals surface area contributed by atoms with Crippen LogP contribution in [0.5, 0.6) is 5.75 Å². The minimum absolute atomic E-state index is 0.224. The number of hydrogen-bond acceptors (Lipinski definition) is 3. The van der Waals surface area contributed by atoms with Crippen LogP contribution in [0.3, 0.4) is 0 Å². The average molecular weight is 396 g/mol. The van der Waals surface area contributed by atoms with Gasteiger partial charge in [-0.05, 0) is 50.1 Å². The van der Waals surface area contributed by atoms with Gasteiger partial charge in [0.15, 0.2) is 0 Å². The lowest BCUT2D eigenvalue weighted by Gasteiger charge is -2.12. The molecule has 0 amide bonds. The number of hydrogen-bond donors (Lipinski definition) is 1. The number of thiophene rings is 1. The van der Waals surface area contributed by atoms with E-state index in [0.717, 1.165) is 7.57 Å². The first kappa shape index (κ1) is 14.0. The van der Waals surface area contributed by atoms with E-state index in [0.29, 0.717) is 11.3 Å². The molecule has 1 aromatic carbocycles. The molecule has 0 aliphatic rings. The summed E-state index contributed by atoms with van der Waals surface area (Å²) in [5.74, 6) is -0.0647. The lowest BCUT2D eigenvalue weighted by molar-refractivity contribution is 0.214. The molecule has 0 saturated heterocycles. The van der Waals surface area contributed by atoms with Crippen LogP contribution in [0.1, 0.15) is 17.2 Å². The van der Waals surface area contributed by atoms with Crippen molar-refractivity contribution in [2.24, 2.45) is 0 Å². The van der Waals surface area contributed by atoms with Crippen molar-refractivity contribution in [2.75, 3.05) is 7.11 Å². The molecule has 1 N–H and O–H groups in total. The molecule has 2 rings (SSSR count). The topological polar surface area (TPSA) is 29.5 Å². The van der Waals surface area contributed by atoms with Gasteiger partial charge >= 0.3 is 0 Å². The lowest BCUT2D eigenvalue weighted by atomic mass is 10.0. The predicted octanol–water partition coefficient (Wildman–Crippen LogP) is 4.50. The van der Waals surface area contributed by atoms with Gasteiger partial charge in [-0.2, -0.15) is 0 Å². The number of rotatable bonds is 3. The quantitative estimate of drug-likeness (QED) is 0.828. The monoisotopic (exact) mass is 394 g/mol. The number of aliphatic hydroxyl groups excluding tert-OH is 1. The predicted molar refractivity (Wildman–Crippen MR) is 76.7 cm³/mol. The summed E-state index contributed by atoms with van der Waals surface area (Å²) in [6.07, 6.45) is -1.01. The van der Waals surface area contributed by atoms with Crippen molar-refractivity contribution in [3.05, 3.63) is 48.8 Å². The Bertz CT molecular complexity index is 571. The van der Waals surface area contributed by atoms with Gasteiger partial charge in [-0.15, -0.1) is 11.3 Å². The Morgan fingerprint density at radius 2 is 2.00 bits per heavy atom. The largest absolute Gasteiger partial charge is 0.497 e. The standard InChI is InChI=1S/C12H9Br2FO2S/c1-17-6-2-3-7(9(15)4-6)11(16)8-5-10(13)18-12(8)14/h2-5,11,16H,1H3. The number of halogens is 3. The molecule has 0 saturated carbocycles. The summed E-state index contributed by atoms with van der Waals surface area (Å²) >= 11 is 8.11. The van der Waals surface area contributed by atoms with E-state index < -0.39 is 11.9 Å².